The number of hydrogen-bond donors (Lipinski definition) is 0. The lowest BCUT2D eigenvalue weighted by Gasteiger charge is -2.25. The van der Waals surface area contributed by atoms with Gasteiger partial charge in [-0.15, -0.1) is 0 Å². The Bertz CT molecular complexity index is 484. The molecule has 0 radical (unpaired) electrons. The van der Waals surface area contributed by atoms with Gasteiger partial charge in [0.2, 0.25) is 5.91 Å². The lowest BCUT2D eigenvalue weighted by Crippen LogP contribution is -2.43. The first-order valence-corrected chi connectivity index (χ1v) is 7.04. The van der Waals surface area contributed by atoms with E-state index in [-0.39, 0.29) is 17.8 Å². The first-order chi connectivity index (χ1) is 9.49. The van der Waals surface area contributed by atoms with Crippen molar-refractivity contribution in [3.8, 4) is 0 Å². The molecule has 0 spiro atoms. The van der Waals surface area contributed by atoms with Crippen molar-refractivity contribution in [1.82, 2.24) is 4.90 Å². The minimum Gasteiger partial charge on any atom is -0.440 e. The van der Waals surface area contributed by atoms with Crippen molar-refractivity contribution < 1.29 is 14.3 Å². The molecule has 108 valence electrons. The van der Waals surface area contributed by atoms with Crippen molar-refractivity contribution in [3.63, 3.8) is 0 Å². The fourth-order valence-corrected chi connectivity index (χ4v) is 2.52. The van der Waals surface area contributed by atoms with Crippen LogP contribution in [0.3, 0.4) is 0 Å². The van der Waals surface area contributed by atoms with E-state index in [0.717, 1.165) is 5.56 Å². The molecule has 1 amide bonds. The molecular formula is C16H21NO3. The SMILES string of the molecule is CC(C)CC(=O)N1[C@H](C)OC(=O)[C@@H]1Cc1ccccc1. The Balaban J connectivity index is 2.15. The normalized spacial score (nSPS) is 22.2. The molecule has 4 nitrogen and oxygen atoms in total. The van der Waals surface area contributed by atoms with E-state index in [4.69, 9.17) is 4.74 Å². The molecule has 0 N–H and O–H groups in total. The van der Waals surface area contributed by atoms with Gasteiger partial charge in [-0.1, -0.05) is 44.2 Å². The second-order valence-corrected chi connectivity index (χ2v) is 5.64. The summed E-state index contributed by atoms with van der Waals surface area (Å²) >= 11 is 0. The van der Waals surface area contributed by atoms with Gasteiger partial charge < -0.3 is 4.74 Å². The Morgan fingerprint density at radius 3 is 2.55 bits per heavy atom. The molecule has 1 aliphatic rings. The average molecular weight is 275 g/mol. The molecule has 1 saturated heterocycles. The van der Waals surface area contributed by atoms with Crippen molar-refractivity contribution in [2.75, 3.05) is 0 Å². The molecule has 1 fully saturated rings. The molecule has 0 saturated carbocycles. The molecule has 1 heterocycles. The van der Waals surface area contributed by atoms with E-state index < -0.39 is 12.3 Å². The maximum Gasteiger partial charge on any atom is 0.331 e. The maximum absolute atomic E-state index is 12.3. The monoisotopic (exact) mass is 275 g/mol. The van der Waals surface area contributed by atoms with E-state index in [1.165, 1.54) is 0 Å². The molecule has 2 atom stereocenters. The molecule has 1 aromatic rings. The number of hydrogen-bond acceptors (Lipinski definition) is 3. The van der Waals surface area contributed by atoms with Crippen LogP contribution >= 0.6 is 0 Å². The first-order valence-electron chi connectivity index (χ1n) is 7.04. The fraction of sp³-hybridized carbons (Fsp3) is 0.500. The Morgan fingerprint density at radius 1 is 1.30 bits per heavy atom. The summed E-state index contributed by atoms with van der Waals surface area (Å²) in [5, 5.41) is 0. The van der Waals surface area contributed by atoms with Crippen LogP contribution in [0.2, 0.25) is 0 Å². The summed E-state index contributed by atoms with van der Waals surface area (Å²) < 4.78 is 5.23. The standard InChI is InChI=1S/C16H21NO3/c1-11(2)9-15(18)17-12(3)20-16(19)14(17)10-13-7-5-4-6-8-13/h4-8,11-12,14H,9-10H2,1-3H3/t12-,14-/m0/s1. The highest BCUT2D eigenvalue weighted by Gasteiger charge is 2.42. The van der Waals surface area contributed by atoms with Crippen LogP contribution in [-0.4, -0.2) is 29.0 Å². The molecule has 0 unspecified atom stereocenters. The van der Waals surface area contributed by atoms with Gasteiger partial charge in [-0.2, -0.15) is 0 Å². The van der Waals surface area contributed by atoms with Crippen LogP contribution in [0.25, 0.3) is 0 Å². The average Bonchev–Trinajstić information content (AvgIpc) is 2.64. The summed E-state index contributed by atoms with van der Waals surface area (Å²) in [6, 6.07) is 9.21. The third-order valence-electron chi connectivity index (χ3n) is 3.43. The molecule has 2 rings (SSSR count). The predicted molar refractivity (Wildman–Crippen MR) is 75.8 cm³/mol. The third kappa shape index (κ3) is 3.18. The molecule has 4 heteroatoms. The van der Waals surface area contributed by atoms with Gasteiger partial charge in [0.1, 0.15) is 6.04 Å². The highest BCUT2D eigenvalue weighted by molar-refractivity contribution is 5.87. The van der Waals surface area contributed by atoms with Gasteiger partial charge in [0, 0.05) is 12.8 Å². The van der Waals surface area contributed by atoms with Crippen LogP contribution in [0.5, 0.6) is 0 Å². The summed E-state index contributed by atoms with van der Waals surface area (Å²) in [6.45, 7) is 5.74. The summed E-state index contributed by atoms with van der Waals surface area (Å²) in [5.74, 6) is -0.0551. The summed E-state index contributed by atoms with van der Waals surface area (Å²) in [5.41, 5.74) is 1.03. The third-order valence-corrected chi connectivity index (χ3v) is 3.43. The van der Waals surface area contributed by atoms with Crippen molar-refractivity contribution in [1.29, 1.82) is 0 Å². The van der Waals surface area contributed by atoms with Gasteiger partial charge in [0.25, 0.3) is 0 Å². The van der Waals surface area contributed by atoms with Crippen molar-refractivity contribution in [3.05, 3.63) is 35.9 Å². The maximum atomic E-state index is 12.3. The predicted octanol–water partition coefficient (Wildman–Crippen LogP) is 2.38. The minimum absolute atomic E-state index is 0.0146. The number of benzene rings is 1. The summed E-state index contributed by atoms with van der Waals surface area (Å²) in [6.07, 6.45) is 0.475. The zero-order valence-corrected chi connectivity index (χ0v) is 12.2. The quantitative estimate of drug-likeness (QED) is 0.793. The van der Waals surface area contributed by atoms with Gasteiger partial charge in [-0.05, 0) is 18.4 Å². The zero-order chi connectivity index (χ0) is 14.7. The Morgan fingerprint density at radius 2 is 1.95 bits per heavy atom. The van der Waals surface area contributed by atoms with Crippen molar-refractivity contribution in [2.45, 2.75) is 45.9 Å². The minimum atomic E-state index is -0.501. The highest BCUT2D eigenvalue weighted by Crippen LogP contribution is 2.23. The number of rotatable bonds is 4. The molecule has 0 aliphatic carbocycles. The van der Waals surface area contributed by atoms with E-state index in [0.29, 0.717) is 12.8 Å². The van der Waals surface area contributed by atoms with Gasteiger partial charge in [0.15, 0.2) is 6.23 Å². The lowest BCUT2D eigenvalue weighted by atomic mass is 10.0. The first kappa shape index (κ1) is 14.6. The van der Waals surface area contributed by atoms with Gasteiger partial charge >= 0.3 is 5.97 Å². The van der Waals surface area contributed by atoms with E-state index >= 15 is 0 Å². The lowest BCUT2D eigenvalue weighted by molar-refractivity contribution is -0.142. The van der Waals surface area contributed by atoms with E-state index in [1.807, 2.05) is 44.2 Å². The smallest absolute Gasteiger partial charge is 0.331 e. The molecule has 1 aromatic carbocycles. The van der Waals surface area contributed by atoms with Crippen molar-refractivity contribution in [2.24, 2.45) is 5.92 Å². The number of cyclic esters (lactones) is 1. The zero-order valence-electron chi connectivity index (χ0n) is 12.2. The highest BCUT2D eigenvalue weighted by atomic mass is 16.6. The number of amides is 1. The van der Waals surface area contributed by atoms with Crippen LogP contribution in [-0.2, 0) is 20.7 Å². The Kier molecular flexibility index (Phi) is 4.42. The number of esters is 1. The number of carbonyl (C=O) groups excluding carboxylic acids is 2. The molecule has 0 aromatic heterocycles. The van der Waals surface area contributed by atoms with Crippen LogP contribution < -0.4 is 0 Å². The molecular weight excluding hydrogens is 254 g/mol. The summed E-state index contributed by atoms with van der Waals surface area (Å²) in [7, 11) is 0. The Labute approximate surface area is 119 Å². The fourth-order valence-electron chi connectivity index (χ4n) is 2.52. The van der Waals surface area contributed by atoms with E-state index in [1.54, 1.807) is 11.8 Å². The van der Waals surface area contributed by atoms with Crippen LogP contribution in [0, 0.1) is 5.92 Å². The van der Waals surface area contributed by atoms with Gasteiger partial charge in [-0.3, -0.25) is 9.69 Å². The van der Waals surface area contributed by atoms with E-state index in [2.05, 4.69) is 0 Å². The number of nitrogens with zero attached hydrogens (tertiary/aromatic N) is 1. The largest absolute Gasteiger partial charge is 0.440 e. The Hall–Kier alpha value is -1.84. The van der Waals surface area contributed by atoms with Crippen LogP contribution in [0.4, 0.5) is 0 Å². The molecule has 20 heavy (non-hydrogen) atoms. The molecule has 0 bridgehead atoms. The van der Waals surface area contributed by atoms with Crippen LogP contribution in [0.15, 0.2) is 30.3 Å². The van der Waals surface area contributed by atoms with Crippen molar-refractivity contribution >= 4 is 11.9 Å². The van der Waals surface area contributed by atoms with Crippen LogP contribution in [0.1, 0.15) is 32.8 Å². The summed E-state index contributed by atoms with van der Waals surface area (Å²) in [4.78, 5) is 25.9. The second kappa shape index (κ2) is 6.07. The van der Waals surface area contributed by atoms with E-state index in [9.17, 15) is 9.59 Å². The van der Waals surface area contributed by atoms with Gasteiger partial charge in [-0.25, -0.2) is 4.79 Å². The number of carbonyl (C=O) groups is 2. The topological polar surface area (TPSA) is 46.6 Å². The second-order valence-electron chi connectivity index (χ2n) is 5.64. The van der Waals surface area contributed by atoms with Gasteiger partial charge in [0.05, 0.1) is 0 Å². The number of ether oxygens (including phenoxy) is 1. The molecule has 1 aliphatic heterocycles.